The van der Waals surface area contributed by atoms with Crippen LogP contribution in [0.4, 0.5) is 17.1 Å². The fourth-order valence-electron chi connectivity index (χ4n) is 9.18. The molecule has 0 fully saturated rings. The van der Waals surface area contributed by atoms with Crippen LogP contribution in [-0.2, 0) is 0 Å². The van der Waals surface area contributed by atoms with E-state index in [1.165, 1.54) is 64.3 Å². The Morgan fingerprint density at radius 3 is 1.75 bits per heavy atom. The average molecular weight is 796 g/mol. The lowest BCUT2D eigenvalue weighted by Crippen LogP contribution is -2.11. The minimum atomic E-state index is 0.872. The van der Waals surface area contributed by atoms with Gasteiger partial charge in [0.15, 0.2) is 0 Å². The standard InChI is InChI=1S/C58H37NOS/c1-4-14-38(15-5-1)44-30-33-49-55(37-44)61-54-25-13-23-51(56(49)54)59(52-35-34-47(41-18-8-3-9-19-41)58-57(52)48-21-10-11-24-53(48)60-58)45-31-28-39(29-32-45)43-27-26-42-20-12-22-46(50(42)36-43)40-16-6-2-7-17-40/h1-37H. The molecule has 61 heavy (non-hydrogen) atoms. The van der Waals surface area contributed by atoms with E-state index in [2.05, 4.69) is 229 Å². The molecule has 10 aromatic carbocycles. The normalized spacial score (nSPS) is 11.6. The van der Waals surface area contributed by atoms with E-state index in [-0.39, 0.29) is 0 Å². The molecule has 0 aliphatic rings. The number of hydrogen-bond acceptors (Lipinski definition) is 3. The second kappa shape index (κ2) is 14.5. The molecule has 0 aliphatic heterocycles. The van der Waals surface area contributed by atoms with Crippen LogP contribution < -0.4 is 4.90 Å². The predicted octanol–water partition coefficient (Wildman–Crippen LogP) is 17.2. The van der Waals surface area contributed by atoms with Crippen molar-refractivity contribution in [3.05, 3.63) is 224 Å². The Morgan fingerprint density at radius 1 is 0.344 bits per heavy atom. The highest BCUT2D eigenvalue weighted by Gasteiger charge is 2.24. The fraction of sp³-hybridized carbons (Fsp3) is 0. The number of anilines is 3. The van der Waals surface area contributed by atoms with Gasteiger partial charge < -0.3 is 9.32 Å². The molecular formula is C58H37NOS. The molecule has 0 saturated carbocycles. The van der Waals surface area contributed by atoms with E-state index in [1.807, 2.05) is 11.3 Å². The summed E-state index contributed by atoms with van der Waals surface area (Å²) in [5.74, 6) is 0. The van der Waals surface area contributed by atoms with Gasteiger partial charge in [0.05, 0.1) is 16.8 Å². The van der Waals surface area contributed by atoms with Gasteiger partial charge in [0.1, 0.15) is 11.2 Å². The third kappa shape index (κ3) is 6.01. The van der Waals surface area contributed by atoms with Crippen LogP contribution in [0.3, 0.4) is 0 Å². The molecule has 0 atom stereocenters. The van der Waals surface area contributed by atoms with Gasteiger partial charge in [-0.2, -0.15) is 0 Å². The summed E-state index contributed by atoms with van der Waals surface area (Å²) in [4.78, 5) is 2.45. The molecular weight excluding hydrogens is 759 g/mol. The van der Waals surface area contributed by atoms with E-state index in [1.54, 1.807) is 0 Å². The van der Waals surface area contributed by atoms with Gasteiger partial charge in [-0.25, -0.2) is 0 Å². The van der Waals surface area contributed by atoms with Crippen molar-refractivity contribution in [1.29, 1.82) is 0 Å². The van der Waals surface area contributed by atoms with Crippen molar-refractivity contribution < 1.29 is 4.42 Å². The quantitative estimate of drug-likeness (QED) is 0.160. The molecule has 0 spiro atoms. The maximum absolute atomic E-state index is 6.83. The van der Waals surface area contributed by atoms with E-state index in [9.17, 15) is 0 Å². The van der Waals surface area contributed by atoms with Gasteiger partial charge in [-0.05, 0) is 104 Å². The minimum absolute atomic E-state index is 0.872. The van der Waals surface area contributed by atoms with E-state index >= 15 is 0 Å². The molecule has 0 radical (unpaired) electrons. The van der Waals surface area contributed by atoms with Crippen molar-refractivity contribution in [2.24, 2.45) is 0 Å². The van der Waals surface area contributed by atoms with Crippen LogP contribution in [0.2, 0.25) is 0 Å². The Hall–Kier alpha value is -7.72. The molecule has 12 rings (SSSR count). The van der Waals surface area contributed by atoms with E-state index < -0.39 is 0 Å². The fourth-order valence-corrected chi connectivity index (χ4v) is 10.3. The third-order valence-electron chi connectivity index (χ3n) is 12.1. The molecule has 2 aromatic heterocycles. The van der Waals surface area contributed by atoms with Crippen LogP contribution in [0, 0.1) is 0 Å². The monoisotopic (exact) mass is 795 g/mol. The molecule has 0 amide bonds. The highest BCUT2D eigenvalue weighted by Crippen LogP contribution is 2.50. The zero-order valence-electron chi connectivity index (χ0n) is 33.1. The first kappa shape index (κ1) is 35.2. The molecule has 0 aliphatic carbocycles. The molecule has 12 aromatic rings. The van der Waals surface area contributed by atoms with Gasteiger partial charge >= 0.3 is 0 Å². The number of benzene rings is 10. The Bertz CT molecular complexity index is 3570. The minimum Gasteiger partial charge on any atom is -0.455 e. The van der Waals surface area contributed by atoms with Crippen molar-refractivity contribution in [2.75, 3.05) is 4.90 Å². The zero-order chi connectivity index (χ0) is 40.3. The highest BCUT2D eigenvalue weighted by atomic mass is 32.1. The van der Waals surface area contributed by atoms with Gasteiger partial charge in [0.25, 0.3) is 0 Å². The summed E-state index contributed by atoms with van der Waals surface area (Å²) >= 11 is 1.85. The van der Waals surface area contributed by atoms with Crippen LogP contribution in [0.25, 0.3) is 97.4 Å². The lowest BCUT2D eigenvalue weighted by molar-refractivity contribution is 0.670. The van der Waals surface area contributed by atoms with Gasteiger partial charge in [-0.15, -0.1) is 11.3 Å². The smallest absolute Gasteiger partial charge is 0.145 e. The lowest BCUT2D eigenvalue weighted by Gasteiger charge is -2.28. The molecule has 2 nitrogen and oxygen atoms in total. The molecule has 0 unspecified atom stereocenters. The first-order chi connectivity index (χ1) is 30.2. The number of thiophene rings is 1. The first-order valence-electron chi connectivity index (χ1n) is 20.7. The van der Waals surface area contributed by atoms with Crippen molar-refractivity contribution >= 4 is 81.3 Å². The number of furan rings is 1. The Kier molecular flexibility index (Phi) is 8.39. The van der Waals surface area contributed by atoms with Gasteiger partial charge in [-0.3, -0.25) is 0 Å². The second-order valence-electron chi connectivity index (χ2n) is 15.6. The predicted molar refractivity (Wildman–Crippen MR) is 261 cm³/mol. The number of rotatable bonds is 7. The van der Waals surface area contributed by atoms with Crippen molar-refractivity contribution in [3.8, 4) is 44.5 Å². The summed E-state index contributed by atoms with van der Waals surface area (Å²) in [5.41, 5.74) is 14.5. The van der Waals surface area contributed by atoms with Crippen LogP contribution in [0.5, 0.6) is 0 Å². The van der Waals surface area contributed by atoms with Gasteiger partial charge in [0, 0.05) is 36.8 Å². The molecule has 3 heteroatoms. The summed E-state index contributed by atoms with van der Waals surface area (Å²) in [6.45, 7) is 0. The van der Waals surface area contributed by atoms with E-state index in [0.717, 1.165) is 50.1 Å². The van der Waals surface area contributed by atoms with Crippen molar-refractivity contribution in [1.82, 2.24) is 0 Å². The maximum atomic E-state index is 6.83. The zero-order valence-corrected chi connectivity index (χ0v) is 33.9. The third-order valence-corrected chi connectivity index (χ3v) is 13.2. The van der Waals surface area contributed by atoms with E-state index in [4.69, 9.17) is 4.42 Å². The molecule has 0 saturated heterocycles. The largest absolute Gasteiger partial charge is 0.455 e. The van der Waals surface area contributed by atoms with Crippen molar-refractivity contribution in [3.63, 3.8) is 0 Å². The number of nitrogens with zero attached hydrogens (tertiary/aromatic N) is 1. The van der Waals surface area contributed by atoms with Crippen LogP contribution >= 0.6 is 11.3 Å². The summed E-state index contributed by atoms with van der Waals surface area (Å²) < 4.78 is 9.34. The van der Waals surface area contributed by atoms with Crippen LogP contribution in [0.1, 0.15) is 0 Å². The molecule has 0 N–H and O–H groups in total. The number of hydrogen-bond donors (Lipinski definition) is 0. The van der Waals surface area contributed by atoms with E-state index in [0.29, 0.717) is 0 Å². The molecule has 2 heterocycles. The second-order valence-corrected chi connectivity index (χ2v) is 16.7. The highest BCUT2D eigenvalue weighted by molar-refractivity contribution is 7.26. The molecule has 286 valence electrons. The first-order valence-corrected chi connectivity index (χ1v) is 21.6. The SMILES string of the molecule is c1ccc(-c2ccc3c(c2)sc2cccc(N(c4ccc(-c5ccc6cccc(-c7ccccc7)c6c5)cc4)c4ccc(-c5ccccc5)c5oc6ccccc6c45)c23)cc1. The number of fused-ring (bicyclic) bond motifs is 7. The Labute approximate surface area is 357 Å². The van der Waals surface area contributed by atoms with Crippen molar-refractivity contribution in [2.45, 2.75) is 0 Å². The Morgan fingerprint density at radius 2 is 0.967 bits per heavy atom. The topological polar surface area (TPSA) is 16.4 Å². The average Bonchev–Trinajstić information content (AvgIpc) is 3.92. The van der Waals surface area contributed by atoms with Gasteiger partial charge in [0.2, 0.25) is 0 Å². The van der Waals surface area contributed by atoms with Crippen LogP contribution in [0.15, 0.2) is 229 Å². The molecule has 0 bridgehead atoms. The summed E-state index contributed by atoms with van der Waals surface area (Å²) in [6.07, 6.45) is 0. The number of para-hydroxylation sites is 1. The van der Waals surface area contributed by atoms with Crippen LogP contribution in [-0.4, -0.2) is 0 Å². The Balaban J connectivity index is 1.07. The maximum Gasteiger partial charge on any atom is 0.145 e. The summed E-state index contributed by atoms with van der Waals surface area (Å²) in [7, 11) is 0. The lowest BCUT2D eigenvalue weighted by atomic mass is 9.94. The summed E-state index contributed by atoms with van der Waals surface area (Å²) in [6, 6.07) is 81.1. The summed E-state index contributed by atoms with van der Waals surface area (Å²) in [5, 5.41) is 7.14. The van der Waals surface area contributed by atoms with Gasteiger partial charge in [-0.1, -0.05) is 170 Å².